The lowest BCUT2D eigenvalue weighted by Crippen LogP contribution is -2.39. The number of halogens is 1. The quantitative estimate of drug-likeness (QED) is 0.867. The van der Waals surface area contributed by atoms with Gasteiger partial charge in [0.15, 0.2) is 0 Å². The topological polar surface area (TPSA) is 85.3 Å². The molecule has 0 unspecified atom stereocenters. The third-order valence-electron chi connectivity index (χ3n) is 4.75. The fourth-order valence-corrected chi connectivity index (χ4v) is 3.10. The lowest BCUT2D eigenvalue weighted by atomic mass is 9.96. The average Bonchev–Trinajstić information content (AvgIpc) is 3.07. The third-order valence-corrected chi connectivity index (χ3v) is 4.75. The van der Waals surface area contributed by atoms with Crippen LogP contribution in [0.25, 0.3) is 11.4 Å². The van der Waals surface area contributed by atoms with Crippen molar-refractivity contribution in [1.82, 2.24) is 15.0 Å². The van der Waals surface area contributed by atoms with Gasteiger partial charge in [-0.05, 0) is 57.5 Å². The van der Waals surface area contributed by atoms with Gasteiger partial charge in [-0.15, -0.1) is 0 Å². The fourth-order valence-electron chi connectivity index (χ4n) is 3.10. The van der Waals surface area contributed by atoms with Crippen molar-refractivity contribution < 1.29 is 13.7 Å². The van der Waals surface area contributed by atoms with Gasteiger partial charge in [0.05, 0.1) is 0 Å². The summed E-state index contributed by atoms with van der Waals surface area (Å²) >= 11 is 0. The summed E-state index contributed by atoms with van der Waals surface area (Å²) in [6.45, 7) is 4.42. The number of likely N-dealkylation sites (tertiary alicyclic amines) is 1. The minimum atomic E-state index is -0.275. The highest BCUT2D eigenvalue weighted by atomic mass is 19.1. The molecule has 0 radical (unpaired) electrons. The Morgan fingerprint density at radius 2 is 2.16 bits per heavy atom. The summed E-state index contributed by atoms with van der Waals surface area (Å²) in [4.78, 5) is 17.8. The molecule has 1 fully saturated rings. The Morgan fingerprint density at radius 1 is 1.40 bits per heavy atom. The molecular formula is C18H23FN4O2. The molecule has 6 nitrogen and oxygen atoms in total. The van der Waals surface area contributed by atoms with E-state index in [0.717, 1.165) is 38.9 Å². The second-order valence-electron chi connectivity index (χ2n) is 6.60. The van der Waals surface area contributed by atoms with E-state index < -0.39 is 0 Å². The van der Waals surface area contributed by atoms with Crippen LogP contribution in [-0.2, 0) is 11.2 Å². The summed E-state index contributed by atoms with van der Waals surface area (Å²) in [7, 11) is 0. The average molecular weight is 346 g/mol. The highest BCUT2D eigenvalue weighted by Crippen LogP contribution is 2.20. The van der Waals surface area contributed by atoms with Crippen LogP contribution in [0.2, 0.25) is 0 Å². The van der Waals surface area contributed by atoms with Crippen LogP contribution in [0.4, 0.5) is 4.39 Å². The van der Waals surface area contributed by atoms with Gasteiger partial charge in [0, 0.05) is 17.9 Å². The van der Waals surface area contributed by atoms with Crippen molar-refractivity contribution >= 4 is 5.91 Å². The maximum absolute atomic E-state index is 13.6. The summed E-state index contributed by atoms with van der Waals surface area (Å²) in [5.41, 5.74) is 6.56. The Bertz CT molecular complexity index is 738. The molecule has 0 saturated carbocycles. The molecular weight excluding hydrogens is 323 g/mol. The molecule has 25 heavy (non-hydrogen) atoms. The van der Waals surface area contributed by atoms with E-state index in [-0.39, 0.29) is 17.6 Å². The van der Waals surface area contributed by atoms with E-state index in [1.54, 1.807) is 19.1 Å². The van der Waals surface area contributed by atoms with E-state index in [4.69, 9.17) is 10.3 Å². The highest BCUT2D eigenvalue weighted by Gasteiger charge is 2.22. The zero-order valence-corrected chi connectivity index (χ0v) is 14.4. The van der Waals surface area contributed by atoms with E-state index in [0.29, 0.717) is 29.3 Å². The van der Waals surface area contributed by atoms with Gasteiger partial charge in [-0.1, -0.05) is 17.3 Å². The van der Waals surface area contributed by atoms with Crippen molar-refractivity contribution in [2.24, 2.45) is 11.7 Å². The molecule has 134 valence electrons. The maximum atomic E-state index is 13.6. The second-order valence-corrected chi connectivity index (χ2v) is 6.60. The summed E-state index contributed by atoms with van der Waals surface area (Å²) < 4.78 is 18.9. The Morgan fingerprint density at radius 3 is 2.84 bits per heavy atom. The molecule has 1 aromatic carbocycles. The monoisotopic (exact) mass is 346 g/mol. The van der Waals surface area contributed by atoms with E-state index in [2.05, 4.69) is 15.0 Å². The Labute approximate surface area is 146 Å². The zero-order valence-electron chi connectivity index (χ0n) is 14.4. The molecule has 7 heteroatoms. The second kappa shape index (κ2) is 7.74. The van der Waals surface area contributed by atoms with Crippen molar-refractivity contribution in [2.75, 3.05) is 19.6 Å². The first kappa shape index (κ1) is 17.5. The van der Waals surface area contributed by atoms with Crippen LogP contribution < -0.4 is 5.73 Å². The smallest absolute Gasteiger partial charge is 0.227 e. The van der Waals surface area contributed by atoms with Gasteiger partial charge in [0.25, 0.3) is 0 Å². The molecule has 2 N–H and O–H groups in total. The summed E-state index contributed by atoms with van der Waals surface area (Å²) in [6.07, 6.45) is 3.24. The van der Waals surface area contributed by atoms with Crippen LogP contribution >= 0.6 is 0 Å². The van der Waals surface area contributed by atoms with Gasteiger partial charge in [0.1, 0.15) is 5.82 Å². The molecule has 2 aromatic rings. The number of piperidine rings is 1. The van der Waals surface area contributed by atoms with Gasteiger partial charge < -0.3 is 15.2 Å². The number of nitrogens with two attached hydrogens (primary N) is 1. The molecule has 0 aliphatic carbocycles. The summed E-state index contributed by atoms with van der Waals surface area (Å²) in [5, 5.41) is 3.93. The number of carbonyl (C=O) groups excluding carboxylic acids is 1. The van der Waals surface area contributed by atoms with Crippen LogP contribution in [0.1, 0.15) is 30.7 Å². The molecule has 1 amide bonds. The van der Waals surface area contributed by atoms with E-state index in [1.807, 2.05) is 0 Å². The standard InChI is InChI=1S/C18H23FN4O2/c1-12-4-5-14(11-15(12)19)18-21-16(25-22-18)3-2-8-23-9-6-13(7-10-23)17(20)24/h4-5,11,13H,2-3,6-10H2,1H3,(H2,20,24). The van der Waals surface area contributed by atoms with Crippen LogP contribution in [0.15, 0.2) is 22.7 Å². The summed E-state index contributed by atoms with van der Waals surface area (Å²) in [6, 6.07) is 4.92. The number of hydrogen-bond donors (Lipinski definition) is 1. The SMILES string of the molecule is Cc1ccc(-c2noc(CCCN3CCC(C(N)=O)CC3)n2)cc1F. The third kappa shape index (κ3) is 4.42. The molecule has 0 atom stereocenters. The maximum Gasteiger partial charge on any atom is 0.227 e. The number of primary amides is 1. The van der Waals surface area contributed by atoms with E-state index in [9.17, 15) is 9.18 Å². The fraction of sp³-hybridized carbons (Fsp3) is 0.500. The zero-order chi connectivity index (χ0) is 17.8. The predicted octanol–water partition coefficient (Wildman–Crippen LogP) is 2.31. The van der Waals surface area contributed by atoms with Crippen LogP contribution in [-0.4, -0.2) is 40.6 Å². The van der Waals surface area contributed by atoms with Gasteiger partial charge >= 0.3 is 0 Å². The normalized spacial score (nSPS) is 16.2. The lowest BCUT2D eigenvalue weighted by molar-refractivity contribution is -0.123. The number of amides is 1. The minimum Gasteiger partial charge on any atom is -0.369 e. The van der Waals surface area contributed by atoms with Gasteiger partial charge in [0.2, 0.25) is 17.6 Å². The van der Waals surface area contributed by atoms with Crippen LogP contribution in [0.3, 0.4) is 0 Å². The molecule has 1 aromatic heterocycles. The van der Waals surface area contributed by atoms with E-state index in [1.165, 1.54) is 6.07 Å². The molecule has 0 bridgehead atoms. The number of aromatic nitrogens is 2. The van der Waals surface area contributed by atoms with E-state index >= 15 is 0 Å². The molecule has 0 spiro atoms. The van der Waals surface area contributed by atoms with Crippen molar-refractivity contribution in [3.05, 3.63) is 35.5 Å². The summed E-state index contributed by atoms with van der Waals surface area (Å²) in [5.74, 6) is 0.526. The number of carbonyl (C=O) groups is 1. The van der Waals surface area contributed by atoms with Gasteiger partial charge in [-0.3, -0.25) is 4.79 Å². The van der Waals surface area contributed by atoms with Crippen molar-refractivity contribution in [2.45, 2.75) is 32.6 Å². The molecule has 3 rings (SSSR count). The molecule has 2 heterocycles. The Balaban J connectivity index is 1.48. The number of rotatable bonds is 6. The molecule has 1 aliphatic heterocycles. The molecule has 1 saturated heterocycles. The van der Waals surface area contributed by atoms with Crippen molar-refractivity contribution in [3.63, 3.8) is 0 Å². The predicted molar refractivity (Wildman–Crippen MR) is 91.1 cm³/mol. The first-order chi connectivity index (χ1) is 12.0. The van der Waals surface area contributed by atoms with Crippen LogP contribution in [0.5, 0.6) is 0 Å². The first-order valence-corrected chi connectivity index (χ1v) is 8.63. The number of nitrogens with zero attached hydrogens (tertiary/aromatic N) is 3. The Hall–Kier alpha value is -2.28. The first-order valence-electron chi connectivity index (χ1n) is 8.63. The largest absolute Gasteiger partial charge is 0.369 e. The van der Waals surface area contributed by atoms with Crippen molar-refractivity contribution in [3.8, 4) is 11.4 Å². The number of hydrogen-bond acceptors (Lipinski definition) is 5. The van der Waals surface area contributed by atoms with Gasteiger partial charge in [-0.2, -0.15) is 4.98 Å². The highest BCUT2D eigenvalue weighted by molar-refractivity contribution is 5.76. The van der Waals surface area contributed by atoms with Gasteiger partial charge in [-0.25, -0.2) is 4.39 Å². The minimum absolute atomic E-state index is 0.0182. The number of aryl methyl sites for hydroxylation is 2. The van der Waals surface area contributed by atoms with Crippen molar-refractivity contribution in [1.29, 1.82) is 0 Å². The number of benzene rings is 1. The van der Waals surface area contributed by atoms with Crippen LogP contribution in [0, 0.1) is 18.7 Å². The Kier molecular flexibility index (Phi) is 5.43. The lowest BCUT2D eigenvalue weighted by Gasteiger charge is -2.30. The molecule has 1 aliphatic rings.